The van der Waals surface area contributed by atoms with E-state index in [1.165, 1.54) is 205 Å². The molecule has 0 aliphatic carbocycles. The van der Waals surface area contributed by atoms with Gasteiger partial charge in [0.1, 0.15) is 0 Å². The van der Waals surface area contributed by atoms with Crippen molar-refractivity contribution in [3.8, 4) is 0 Å². The standard InChI is InChI=1S/C41H86O3Si/c1-7-10-13-16-19-22-25-28-31-36-41(37-32-29-26-23-20-17-14-11-8-2,38-33-30-27-24-21-18-15-12-9-3)39-34-35-40-45(42-4,43-5)44-6/h7-40H2,1-6H3. The van der Waals surface area contributed by atoms with Crippen LogP contribution in [0.5, 0.6) is 0 Å². The quantitative estimate of drug-likeness (QED) is 0.0490. The fourth-order valence-corrected chi connectivity index (χ4v) is 9.38. The molecular formula is C41H86O3Si. The number of unbranched alkanes of at least 4 members (excludes halogenated alkanes) is 25. The molecule has 0 fully saturated rings. The molecule has 0 unspecified atom stereocenters. The highest BCUT2D eigenvalue weighted by molar-refractivity contribution is 6.60. The molecule has 0 saturated carbocycles. The zero-order chi connectivity index (χ0) is 33.2. The van der Waals surface area contributed by atoms with Gasteiger partial charge < -0.3 is 13.3 Å². The second-order valence-corrected chi connectivity index (χ2v) is 17.8. The normalized spacial score (nSPS) is 12.4. The van der Waals surface area contributed by atoms with Crippen molar-refractivity contribution in [1.29, 1.82) is 0 Å². The molecule has 0 N–H and O–H groups in total. The van der Waals surface area contributed by atoms with Gasteiger partial charge >= 0.3 is 8.80 Å². The average Bonchev–Trinajstić information content (AvgIpc) is 3.06. The van der Waals surface area contributed by atoms with Gasteiger partial charge in [0, 0.05) is 27.4 Å². The van der Waals surface area contributed by atoms with Gasteiger partial charge in [0.05, 0.1) is 0 Å². The summed E-state index contributed by atoms with van der Waals surface area (Å²) in [5, 5.41) is 0. The first-order valence-corrected chi connectivity index (χ1v) is 22.7. The molecule has 0 aromatic heterocycles. The van der Waals surface area contributed by atoms with Crippen molar-refractivity contribution in [2.45, 2.75) is 239 Å². The lowest BCUT2D eigenvalue weighted by Gasteiger charge is -2.35. The maximum atomic E-state index is 5.76. The highest BCUT2D eigenvalue weighted by Crippen LogP contribution is 2.42. The van der Waals surface area contributed by atoms with Crippen LogP contribution in [0.2, 0.25) is 6.04 Å². The van der Waals surface area contributed by atoms with E-state index in [1.54, 1.807) is 21.3 Å². The Balaban J connectivity index is 5.08. The summed E-state index contributed by atoms with van der Waals surface area (Å²) in [6, 6.07) is 0.945. The maximum absolute atomic E-state index is 5.76. The van der Waals surface area contributed by atoms with Gasteiger partial charge in [0.25, 0.3) is 0 Å². The van der Waals surface area contributed by atoms with Crippen LogP contribution in [0.1, 0.15) is 233 Å². The zero-order valence-corrected chi connectivity index (χ0v) is 33.3. The summed E-state index contributed by atoms with van der Waals surface area (Å²) in [4.78, 5) is 0. The molecule has 0 spiro atoms. The molecule has 0 bridgehead atoms. The average molecular weight is 655 g/mol. The van der Waals surface area contributed by atoms with E-state index in [4.69, 9.17) is 13.3 Å². The zero-order valence-electron chi connectivity index (χ0n) is 32.3. The third-order valence-corrected chi connectivity index (χ3v) is 13.6. The van der Waals surface area contributed by atoms with Crippen molar-refractivity contribution in [2.24, 2.45) is 5.41 Å². The van der Waals surface area contributed by atoms with Gasteiger partial charge in [-0.15, -0.1) is 0 Å². The molecule has 4 heteroatoms. The minimum atomic E-state index is -2.47. The third-order valence-electron chi connectivity index (χ3n) is 10.8. The monoisotopic (exact) mass is 655 g/mol. The van der Waals surface area contributed by atoms with E-state index >= 15 is 0 Å². The fourth-order valence-electron chi connectivity index (χ4n) is 7.58. The van der Waals surface area contributed by atoms with Crippen LogP contribution >= 0.6 is 0 Å². The molecule has 0 aromatic carbocycles. The van der Waals surface area contributed by atoms with Crippen LogP contribution in [0.4, 0.5) is 0 Å². The van der Waals surface area contributed by atoms with E-state index in [9.17, 15) is 0 Å². The summed E-state index contributed by atoms with van der Waals surface area (Å²) in [6.45, 7) is 6.96. The van der Waals surface area contributed by atoms with Crippen LogP contribution in [0.3, 0.4) is 0 Å². The summed E-state index contributed by atoms with van der Waals surface area (Å²) in [6.07, 6.45) is 46.9. The lowest BCUT2D eigenvalue weighted by atomic mass is 9.70. The summed E-state index contributed by atoms with van der Waals surface area (Å²) < 4.78 is 17.3. The van der Waals surface area contributed by atoms with E-state index in [0.29, 0.717) is 5.41 Å². The Labute approximate surface area is 286 Å². The van der Waals surface area contributed by atoms with Crippen molar-refractivity contribution in [3.05, 3.63) is 0 Å². The fraction of sp³-hybridized carbons (Fsp3) is 1.00. The van der Waals surface area contributed by atoms with Crippen molar-refractivity contribution < 1.29 is 13.3 Å². The summed E-state index contributed by atoms with van der Waals surface area (Å²) >= 11 is 0. The van der Waals surface area contributed by atoms with Crippen LogP contribution in [0.25, 0.3) is 0 Å². The maximum Gasteiger partial charge on any atom is 0.500 e. The first-order chi connectivity index (χ1) is 22.1. The summed E-state index contributed by atoms with van der Waals surface area (Å²) in [5.41, 5.74) is 0.542. The minimum Gasteiger partial charge on any atom is -0.377 e. The van der Waals surface area contributed by atoms with Crippen molar-refractivity contribution in [2.75, 3.05) is 21.3 Å². The Kier molecular flexibility index (Phi) is 34.1. The van der Waals surface area contributed by atoms with Crippen molar-refractivity contribution in [1.82, 2.24) is 0 Å². The summed E-state index contributed by atoms with van der Waals surface area (Å²) in [5.74, 6) is 0. The van der Waals surface area contributed by atoms with Crippen molar-refractivity contribution in [3.63, 3.8) is 0 Å². The molecule has 0 amide bonds. The first-order valence-electron chi connectivity index (χ1n) is 20.7. The largest absolute Gasteiger partial charge is 0.500 e. The number of hydrogen-bond acceptors (Lipinski definition) is 3. The Morgan fingerprint density at radius 1 is 0.311 bits per heavy atom. The van der Waals surface area contributed by atoms with Gasteiger partial charge in [-0.2, -0.15) is 0 Å². The van der Waals surface area contributed by atoms with E-state index in [-0.39, 0.29) is 0 Å². The second kappa shape index (κ2) is 34.0. The smallest absolute Gasteiger partial charge is 0.377 e. The lowest BCUT2D eigenvalue weighted by Crippen LogP contribution is -2.42. The molecular weight excluding hydrogens is 569 g/mol. The lowest BCUT2D eigenvalue weighted by molar-refractivity contribution is 0.121. The molecule has 0 rings (SSSR count). The van der Waals surface area contributed by atoms with Crippen LogP contribution in [0, 0.1) is 5.41 Å². The number of hydrogen-bond donors (Lipinski definition) is 0. The molecule has 0 aliphatic rings. The highest BCUT2D eigenvalue weighted by Gasteiger charge is 2.37. The van der Waals surface area contributed by atoms with Gasteiger partial charge in [-0.3, -0.25) is 0 Å². The summed E-state index contributed by atoms with van der Waals surface area (Å²) in [7, 11) is 2.82. The van der Waals surface area contributed by atoms with Gasteiger partial charge in [-0.05, 0) is 37.5 Å². The van der Waals surface area contributed by atoms with Crippen LogP contribution in [-0.4, -0.2) is 30.1 Å². The van der Waals surface area contributed by atoms with Crippen LogP contribution < -0.4 is 0 Å². The predicted octanol–water partition coefficient (Wildman–Crippen LogP) is 14.8. The Morgan fingerprint density at radius 2 is 0.533 bits per heavy atom. The predicted molar refractivity (Wildman–Crippen MR) is 203 cm³/mol. The third kappa shape index (κ3) is 26.7. The van der Waals surface area contributed by atoms with E-state index < -0.39 is 8.80 Å². The van der Waals surface area contributed by atoms with E-state index in [0.717, 1.165) is 12.5 Å². The van der Waals surface area contributed by atoms with E-state index in [2.05, 4.69) is 20.8 Å². The Bertz CT molecular complexity index is 502. The molecule has 45 heavy (non-hydrogen) atoms. The molecule has 0 saturated heterocycles. The molecule has 0 aromatic rings. The number of rotatable bonds is 38. The molecule has 3 nitrogen and oxygen atoms in total. The van der Waals surface area contributed by atoms with E-state index in [1.807, 2.05) is 0 Å². The second-order valence-electron chi connectivity index (χ2n) is 14.7. The van der Waals surface area contributed by atoms with Gasteiger partial charge in [-0.1, -0.05) is 201 Å². The molecule has 272 valence electrons. The van der Waals surface area contributed by atoms with Gasteiger partial charge in [-0.25, -0.2) is 0 Å². The first kappa shape index (κ1) is 45.1. The topological polar surface area (TPSA) is 27.7 Å². The molecule has 0 heterocycles. The van der Waals surface area contributed by atoms with Gasteiger partial charge in [0.15, 0.2) is 0 Å². The Hall–Kier alpha value is 0.0969. The van der Waals surface area contributed by atoms with Crippen LogP contribution in [-0.2, 0) is 13.3 Å². The molecule has 0 atom stereocenters. The van der Waals surface area contributed by atoms with Gasteiger partial charge in [0.2, 0.25) is 0 Å². The Morgan fingerprint density at radius 3 is 0.778 bits per heavy atom. The van der Waals surface area contributed by atoms with Crippen molar-refractivity contribution >= 4 is 8.80 Å². The molecule has 0 radical (unpaired) electrons. The molecule has 0 aliphatic heterocycles. The minimum absolute atomic E-state index is 0.542. The van der Waals surface area contributed by atoms with Crippen LogP contribution in [0.15, 0.2) is 0 Å². The highest BCUT2D eigenvalue weighted by atomic mass is 28.4. The SMILES string of the molecule is CCCCCCCCCCCC(CCCCCCCCCCC)(CCCCCCCCCCC)CCCC[Si](OC)(OC)OC.